The molecule has 0 atom stereocenters. The Kier molecular flexibility index (Phi) is 6.63. The summed E-state index contributed by atoms with van der Waals surface area (Å²) < 4.78 is 13.5. The molecule has 3 aromatic rings. The molecular weight excluding hydrogens is 431 g/mol. The van der Waals surface area contributed by atoms with Crippen LogP contribution in [0.3, 0.4) is 0 Å². The Balaban J connectivity index is 1.21. The van der Waals surface area contributed by atoms with E-state index in [1.165, 1.54) is 12.1 Å². The Labute approximate surface area is 199 Å². The summed E-state index contributed by atoms with van der Waals surface area (Å²) in [4.78, 5) is 34.9. The lowest BCUT2D eigenvalue weighted by atomic mass is 10.0. The molecule has 7 heteroatoms. The van der Waals surface area contributed by atoms with Gasteiger partial charge in [0.2, 0.25) is 11.8 Å². The van der Waals surface area contributed by atoms with Crippen molar-refractivity contribution in [2.24, 2.45) is 0 Å². The number of rotatable bonds is 6. The fourth-order valence-corrected chi connectivity index (χ4v) is 5.13. The third-order valence-corrected chi connectivity index (χ3v) is 7.08. The van der Waals surface area contributed by atoms with E-state index in [1.54, 1.807) is 12.1 Å². The Bertz CT molecular complexity index is 1160. The highest BCUT2D eigenvalue weighted by atomic mass is 19.1. The normalized spacial score (nSPS) is 17.0. The highest BCUT2D eigenvalue weighted by molar-refractivity contribution is 5.91. The van der Waals surface area contributed by atoms with Crippen molar-refractivity contribution in [2.75, 3.05) is 45.8 Å². The van der Waals surface area contributed by atoms with E-state index < -0.39 is 0 Å². The van der Waals surface area contributed by atoms with E-state index in [1.807, 2.05) is 28.0 Å². The Morgan fingerprint density at radius 2 is 1.50 bits per heavy atom. The van der Waals surface area contributed by atoms with Gasteiger partial charge in [-0.15, -0.1) is 0 Å². The summed E-state index contributed by atoms with van der Waals surface area (Å²) in [5.74, 6) is 0.0867. The standard InChI is InChI=1S/C27H31FN4O2/c28-21-9-7-20(8-10-21)27-23(22-5-1-2-6-24(22)29-27)11-12-25(33)32-17-15-30(16-18-32)19-26(34)31-13-3-4-14-31/h1-2,5-10,29H,3-4,11-19H2. The third kappa shape index (κ3) is 4.85. The number of nitrogens with zero attached hydrogens (tertiary/aromatic N) is 3. The number of nitrogens with one attached hydrogen (secondary N) is 1. The van der Waals surface area contributed by atoms with Gasteiger partial charge in [-0.25, -0.2) is 4.39 Å². The molecule has 0 unspecified atom stereocenters. The third-order valence-electron chi connectivity index (χ3n) is 7.08. The number of hydrogen-bond donors (Lipinski definition) is 1. The van der Waals surface area contributed by atoms with Crippen LogP contribution in [0.4, 0.5) is 4.39 Å². The van der Waals surface area contributed by atoms with Gasteiger partial charge >= 0.3 is 0 Å². The number of aromatic nitrogens is 1. The van der Waals surface area contributed by atoms with Gasteiger partial charge in [0.25, 0.3) is 0 Å². The molecule has 34 heavy (non-hydrogen) atoms. The van der Waals surface area contributed by atoms with Crippen LogP contribution in [0.5, 0.6) is 0 Å². The van der Waals surface area contributed by atoms with Crippen LogP contribution in [-0.2, 0) is 16.0 Å². The number of hydrogen-bond acceptors (Lipinski definition) is 3. The van der Waals surface area contributed by atoms with Gasteiger partial charge in [0.05, 0.1) is 6.54 Å². The largest absolute Gasteiger partial charge is 0.354 e. The Morgan fingerprint density at radius 3 is 2.24 bits per heavy atom. The van der Waals surface area contributed by atoms with Crippen molar-refractivity contribution in [3.63, 3.8) is 0 Å². The summed E-state index contributed by atoms with van der Waals surface area (Å²) in [6.45, 7) is 5.00. The zero-order chi connectivity index (χ0) is 23.5. The number of para-hydroxylation sites is 1. The van der Waals surface area contributed by atoms with Gasteiger partial charge in [0.1, 0.15) is 5.82 Å². The zero-order valence-electron chi connectivity index (χ0n) is 19.4. The van der Waals surface area contributed by atoms with Crippen LogP contribution < -0.4 is 0 Å². The van der Waals surface area contributed by atoms with Crippen molar-refractivity contribution in [3.8, 4) is 11.3 Å². The number of amides is 2. The number of benzene rings is 2. The van der Waals surface area contributed by atoms with Gasteiger partial charge in [-0.1, -0.05) is 18.2 Å². The molecule has 0 aliphatic carbocycles. The van der Waals surface area contributed by atoms with Crippen molar-refractivity contribution in [1.29, 1.82) is 0 Å². The molecule has 6 nitrogen and oxygen atoms in total. The first-order valence-corrected chi connectivity index (χ1v) is 12.2. The Morgan fingerprint density at radius 1 is 0.824 bits per heavy atom. The molecule has 178 valence electrons. The second-order valence-electron chi connectivity index (χ2n) is 9.28. The Hall–Kier alpha value is -3.19. The summed E-state index contributed by atoms with van der Waals surface area (Å²) >= 11 is 0. The first-order valence-electron chi connectivity index (χ1n) is 12.2. The molecule has 2 fully saturated rings. The number of aryl methyl sites for hydroxylation is 1. The molecule has 0 bridgehead atoms. The second-order valence-corrected chi connectivity index (χ2v) is 9.28. The minimum atomic E-state index is -0.266. The molecule has 2 amide bonds. The lowest BCUT2D eigenvalue weighted by Crippen LogP contribution is -2.51. The average molecular weight is 463 g/mol. The molecule has 3 heterocycles. The SMILES string of the molecule is O=C(CCc1c(-c2ccc(F)cc2)[nH]c2ccccc12)N1CCN(CC(=O)N2CCCC2)CC1. The molecule has 2 aliphatic heterocycles. The number of H-pyrrole nitrogens is 1. The summed E-state index contributed by atoms with van der Waals surface area (Å²) in [6.07, 6.45) is 3.24. The van der Waals surface area contributed by atoms with E-state index in [0.29, 0.717) is 32.5 Å². The maximum absolute atomic E-state index is 13.5. The second kappa shape index (κ2) is 9.97. The van der Waals surface area contributed by atoms with E-state index in [9.17, 15) is 14.0 Å². The summed E-state index contributed by atoms with van der Waals surface area (Å²) in [5, 5.41) is 1.10. The number of fused-ring (bicyclic) bond motifs is 1. The fourth-order valence-electron chi connectivity index (χ4n) is 5.13. The van der Waals surface area contributed by atoms with Crippen molar-refractivity contribution in [2.45, 2.75) is 25.7 Å². The quantitative estimate of drug-likeness (QED) is 0.608. The van der Waals surface area contributed by atoms with Gasteiger partial charge in [-0.3, -0.25) is 14.5 Å². The first kappa shape index (κ1) is 22.6. The molecule has 1 aromatic heterocycles. The van der Waals surface area contributed by atoms with E-state index in [0.717, 1.165) is 66.7 Å². The van der Waals surface area contributed by atoms with Gasteiger partial charge in [-0.2, -0.15) is 0 Å². The highest BCUT2D eigenvalue weighted by Crippen LogP contribution is 2.31. The van der Waals surface area contributed by atoms with Crippen molar-refractivity contribution in [1.82, 2.24) is 19.7 Å². The summed E-state index contributed by atoms with van der Waals surface area (Å²) in [5.41, 5.74) is 3.96. The number of halogens is 1. The van der Waals surface area contributed by atoms with Crippen LogP contribution in [-0.4, -0.2) is 77.3 Å². The van der Waals surface area contributed by atoms with Crippen LogP contribution in [0.2, 0.25) is 0 Å². The highest BCUT2D eigenvalue weighted by Gasteiger charge is 2.25. The van der Waals surface area contributed by atoms with Crippen molar-refractivity contribution < 1.29 is 14.0 Å². The monoisotopic (exact) mass is 462 g/mol. The molecule has 2 aliphatic rings. The van der Waals surface area contributed by atoms with E-state index in [-0.39, 0.29) is 17.6 Å². The summed E-state index contributed by atoms with van der Waals surface area (Å²) in [7, 11) is 0. The van der Waals surface area contributed by atoms with Gasteiger partial charge in [0, 0.05) is 62.3 Å². The smallest absolute Gasteiger partial charge is 0.236 e. The fraction of sp³-hybridized carbons (Fsp3) is 0.407. The molecule has 2 saturated heterocycles. The number of carbonyl (C=O) groups is 2. The van der Waals surface area contributed by atoms with Crippen molar-refractivity contribution in [3.05, 3.63) is 59.9 Å². The predicted octanol–water partition coefficient (Wildman–Crippen LogP) is 3.67. The lowest BCUT2D eigenvalue weighted by molar-refractivity contribution is -0.134. The number of aromatic amines is 1. The van der Waals surface area contributed by atoms with Crippen LogP contribution in [0, 0.1) is 5.82 Å². The van der Waals surface area contributed by atoms with Crippen LogP contribution in [0.1, 0.15) is 24.8 Å². The lowest BCUT2D eigenvalue weighted by Gasteiger charge is -2.35. The number of carbonyl (C=O) groups excluding carboxylic acids is 2. The number of piperazine rings is 1. The first-order chi connectivity index (χ1) is 16.6. The van der Waals surface area contributed by atoms with Gasteiger partial charge < -0.3 is 14.8 Å². The average Bonchev–Trinajstić information content (AvgIpc) is 3.52. The van der Waals surface area contributed by atoms with E-state index in [2.05, 4.69) is 16.0 Å². The van der Waals surface area contributed by atoms with Crippen molar-refractivity contribution >= 4 is 22.7 Å². The summed E-state index contributed by atoms with van der Waals surface area (Å²) in [6, 6.07) is 14.5. The topological polar surface area (TPSA) is 59.7 Å². The maximum Gasteiger partial charge on any atom is 0.236 e. The molecule has 0 radical (unpaired) electrons. The number of likely N-dealkylation sites (tertiary alicyclic amines) is 1. The molecule has 2 aromatic carbocycles. The van der Waals surface area contributed by atoms with Crippen LogP contribution >= 0.6 is 0 Å². The maximum atomic E-state index is 13.5. The zero-order valence-corrected chi connectivity index (χ0v) is 19.4. The molecule has 0 saturated carbocycles. The molecule has 1 N–H and O–H groups in total. The minimum Gasteiger partial charge on any atom is -0.354 e. The van der Waals surface area contributed by atoms with Gasteiger partial charge in [0.15, 0.2) is 0 Å². The molecule has 5 rings (SSSR count). The minimum absolute atomic E-state index is 0.140. The van der Waals surface area contributed by atoms with Gasteiger partial charge in [-0.05, 0) is 60.7 Å². The molecule has 0 spiro atoms. The van der Waals surface area contributed by atoms with Crippen LogP contribution in [0.15, 0.2) is 48.5 Å². The predicted molar refractivity (Wildman–Crippen MR) is 131 cm³/mol. The van der Waals surface area contributed by atoms with E-state index in [4.69, 9.17) is 0 Å². The van der Waals surface area contributed by atoms with Crippen LogP contribution in [0.25, 0.3) is 22.2 Å². The van der Waals surface area contributed by atoms with E-state index >= 15 is 0 Å². The molecular formula is C27H31FN4O2.